The van der Waals surface area contributed by atoms with Gasteiger partial charge in [-0.25, -0.2) is 0 Å². The number of hydrogen-bond acceptors (Lipinski definition) is 3. The third kappa shape index (κ3) is 4.92. The molecule has 3 nitrogen and oxygen atoms in total. The third-order valence-electron chi connectivity index (χ3n) is 11.7. The minimum absolute atomic E-state index is 0.908. The van der Waals surface area contributed by atoms with Crippen molar-refractivity contribution < 1.29 is 8.83 Å². The molecule has 0 aliphatic carbocycles. The molecule has 0 saturated heterocycles. The van der Waals surface area contributed by atoms with Crippen LogP contribution in [0.5, 0.6) is 0 Å². The molecule has 10 aromatic carbocycles. The summed E-state index contributed by atoms with van der Waals surface area (Å²) in [5, 5.41) is 11.5. The van der Waals surface area contributed by atoms with Gasteiger partial charge in [0, 0.05) is 60.2 Å². The average molecular weight is 728 g/mol. The summed E-state index contributed by atoms with van der Waals surface area (Å²) < 4.78 is 13.4. The first kappa shape index (κ1) is 31.7. The summed E-state index contributed by atoms with van der Waals surface area (Å²) in [6, 6.07) is 71.4. The van der Waals surface area contributed by atoms with Crippen molar-refractivity contribution >= 4 is 93.3 Å². The van der Waals surface area contributed by atoms with Crippen LogP contribution < -0.4 is 4.90 Å². The van der Waals surface area contributed by atoms with Gasteiger partial charge in [-0.05, 0) is 69.8 Å². The largest absolute Gasteiger partial charge is 0.455 e. The molecular formula is C54H33NO2. The van der Waals surface area contributed by atoms with E-state index >= 15 is 0 Å². The topological polar surface area (TPSA) is 29.5 Å². The molecule has 2 aromatic heterocycles. The predicted octanol–water partition coefficient (Wildman–Crippen LogP) is 15.7. The molecule has 266 valence electrons. The zero-order valence-corrected chi connectivity index (χ0v) is 30.8. The smallest absolute Gasteiger partial charge is 0.143 e. The van der Waals surface area contributed by atoms with Gasteiger partial charge in [-0.1, -0.05) is 158 Å². The first-order chi connectivity index (χ1) is 28.3. The maximum atomic E-state index is 6.71. The Morgan fingerprint density at radius 2 is 0.649 bits per heavy atom. The highest BCUT2D eigenvalue weighted by Crippen LogP contribution is 2.44. The molecule has 0 radical (unpaired) electrons. The molecule has 0 spiro atoms. The molecule has 0 unspecified atom stereocenters. The van der Waals surface area contributed by atoms with Crippen LogP contribution in [0.1, 0.15) is 0 Å². The highest BCUT2D eigenvalue weighted by atomic mass is 16.3. The predicted molar refractivity (Wildman–Crippen MR) is 239 cm³/mol. The summed E-state index contributed by atoms with van der Waals surface area (Å²) in [5.41, 5.74) is 11.3. The van der Waals surface area contributed by atoms with Crippen molar-refractivity contribution in [1.82, 2.24) is 0 Å². The number of benzene rings is 10. The number of hydrogen-bond donors (Lipinski definition) is 0. The van der Waals surface area contributed by atoms with Gasteiger partial charge < -0.3 is 13.7 Å². The van der Waals surface area contributed by atoms with Crippen LogP contribution in [0.15, 0.2) is 209 Å². The van der Waals surface area contributed by atoms with Crippen LogP contribution in [0.3, 0.4) is 0 Å². The van der Waals surface area contributed by atoms with Crippen LogP contribution in [-0.4, -0.2) is 0 Å². The van der Waals surface area contributed by atoms with Crippen LogP contribution in [0.4, 0.5) is 17.1 Å². The molecular weight excluding hydrogens is 695 g/mol. The number of nitrogens with zero attached hydrogens (tertiary/aromatic N) is 1. The lowest BCUT2D eigenvalue weighted by Crippen LogP contribution is -2.10. The average Bonchev–Trinajstić information content (AvgIpc) is 3.87. The van der Waals surface area contributed by atoms with Crippen molar-refractivity contribution in [3.63, 3.8) is 0 Å². The maximum Gasteiger partial charge on any atom is 0.143 e. The van der Waals surface area contributed by atoms with Gasteiger partial charge in [-0.2, -0.15) is 0 Å². The van der Waals surface area contributed by atoms with Gasteiger partial charge in [-0.3, -0.25) is 0 Å². The van der Waals surface area contributed by atoms with Crippen molar-refractivity contribution in [3.05, 3.63) is 200 Å². The number of para-hydroxylation sites is 2. The van der Waals surface area contributed by atoms with Gasteiger partial charge in [0.15, 0.2) is 0 Å². The Morgan fingerprint density at radius 3 is 1.16 bits per heavy atom. The van der Waals surface area contributed by atoms with E-state index in [9.17, 15) is 0 Å². The summed E-state index contributed by atoms with van der Waals surface area (Å²) in [6.45, 7) is 0. The molecule has 0 bridgehead atoms. The molecule has 0 aliphatic rings. The SMILES string of the molecule is c1ccc2c(N(c3ccc(-c4cccc5c4oc4c6ccccc6ccc54)cc3)c3ccc(-c4cccc5c4oc4c6ccccc6ccc54)cc3)cccc2c1. The van der Waals surface area contributed by atoms with Gasteiger partial charge in [0.1, 0.15) is 22.3 Å². The minimum Gasteiger partial charge on any atom is -0.455 e. The molecule has 12 aromatic rings. The van der Waals surface area contributed by atoms with Crippen molar-refractivity contribution in [2.75, 3.05) is 4.90 Å². The van der Waals surface area contributed by atoms with Crippen molar-refractivity contribution in [2.24, 2.45) is 0 Å². The fourth-order valence-corrected chi connectivity index (χ4v) is 8.92. The van der Waals surface area contributed by atoms with Crippen LogP contribution >= 0.6 is 0 Å². The fraction of sp³-hybridized carbons (Fsp3) is 0. The second-order valence-electron chi connectivity index (χ2n) is 14.8. The second kappa shape index (κ2) is 12.5. The Hall–Kier alpha value is -7.62. The van der Waals surface area contributed by atoms with E-state index in [0.717, 1.165) is 94.0 Å². The minimum atomic E-state index is 0.908. The molecule has 12 rings (SSSR count). The van der Waals surface area contributed by atoms with Crippen LogP contribution in [-0.2, 0) is 0 Å². The van der Waals surface area contributed by atoms with E-state index in [-0.39, 0.29) is 0 Å². The molecule has 3 heteroatoms. The monoisotopic (exact) mass is 727 g/mol. The summed E-state index contributed by atoms with van der Waals surface area (Å²) >= 11 is 0. The Labute approximate surface area is 328 Å². The van der Waals surface area contributed by atoms with E-state index in [1.807, 2.05) is 0 Å². The molecule has 2 heterocycles. The van der Waals surface area contributed by atoms with Gasteiger partial charge in [0.25, 0.3) is 0 Å². The summed E-state index contributed by atoms with van der Waals surface area (Å²) in [4.78, 5) is 2.36. The van der Waals surface area contributed by atoms with E-state index in [1.54, 1.807) is 0 Å². The second-order valence-corrected chi connectivity index (χ2v) is 14.8. The molecule has 0 fully saturated rings. The van der Waals surface area contributed by atoms with Gasteiger partial charge in [0.2, 0.25) is 0 Å². The normalized spacial score (nSPS) is 11.9. The Balaban J connectivity index is 0.975. The summed E-state index contributed by atoms with van der Waals surface area (Å²) in [5.74, 6) is 0. The lowest BCUT2D eigenvalue weighted by molar-refractivity contribution is 0.673. The van der Waals surface area contributed by atoms with Crippen LogP contribution in [0, 0.1) is 0 Å². The molecule has 0 saturated carbocycles. The van der Waals surface area contributed by atoms with E-state index in [2.05, 4.69) is 205 Å². The standard InChI is InChI=1S/C54H33NO2/c1-4-14-41-34(10-1)13-7-21-50(41)55(39-28-22-37(23-29-39)44-17-8-19-46-48-32-26-35-11-2-5-15-42(35)53(48)56-51(44)46)40-30-24-38(25-31-40)45-18-9-20-47-49-33-27-36-12-3-6-16-43(36)54(49)57-52(45)47/h1-33H. The number of rotatable bonds is 5. The number of fused-ring (bicyclic) bond motifs is 11. The van der Waals surface area contributed by atoms with Gasteiger partial charge >= 0.3 is 0 Å². The first-order valence-corrected chi connectivity index (χ1v) is 19.4. The zero-order valence-electron chi connectivity index (χ0n) is 30.8. The molecule has 0 aliphatic heterocycles. The van der Waals surface area contributed by atoms with E-state index in [1.165, 1.54) is 21.5 Å². The van der Waals surface area contributed by atoms with E-state index in [4.69, 9.17) is 8.83 Å². The molecule has 0 atom stereocenters. The number of anilines is 3. The maximum absolute atomic E-state index is 6.71. The van der Waals surface area contributed by atoms with Crippen LogP contribution in [0.2, 0.25) is 0 Å². The quantitative estimate of drug-likeness (QED) is 0.177. The van der Waals surface area contributed by atoms with Gasteiger partial charge in [0.05, 0.1) is 5.69 Å². The lowest BCUT2D eigenvalue weighted by atomic mass is 10.00. The highest BCUT2D eigenvalue weighted by molar-refractivity contribution is 6.18. The highest BCUT2D eigenvalue weighted by Gasteiger charge is 2.19. The number of furan rings is 2. The summed E-state index contributed by atoms with van der Waals surface area (Å²) in [6.07, 6.45) is 0. The Bertz CT molecular complexity index is 3320. The van der Waals surface area contributed by atoms with Crippen LogP contribution in [0.25, 0.3) is 98.4 Å². The van der Waals surface area contributed by atoms with Crippen molar-refractivity contribution in [2.45, 2.75) is 0 Å². The molecule has 0 N–H and O–H groups in total. The third-order valence-corrected chi connectivity index (χ3v) is 11.7. The zero-order chi connectivity index (χ0) is 37.5. The van der Waals surface area contributed by atoms with Gasteiger partial charge in [-0.15, -0.1) is 0 Å². The van der Waals surface area contributed by atoms with Crippen molar-refractivity contribution in [3.8, 4) is 22.3 Å². The molecule has 57 heavy (non-hydrogen) atoms. The summed E-state index contributed by atoms with van der Waals surface area (Å²) in [7, 11) is 0. The fourth-order valence-electron chi connectivity index (χ4n) is 8.92. The first-order valence-electron chi connectivity index (χ1n) is 19.4. The Morgan fingerprint density at radius 1 is 0.263 bits per heavy atom. The van der Waals surface area contributed by atoms with E-state index in [0.29, 0.717) is 0 Å². The Kier molecular flexibility index (Phi) is 6.93. The lowest BCUT2D eigenvalue weighted by Gasteiger charge is -2.27. The van der Waals surface area contributed by atoms with E-state index < -0.39 is 0 Å². The molecule has 0 amide bonds. The van der Waals surface area contributed by atoms with Crippen molar-refractivity contribution in [1.29, 1.82) is 0 Å².